The topological polar surface area (TPSA) is 0 Å². The van der Waals surface area contributed by atoms with Gasteiger partial charge in [-0.3, -0.25) is 0 Å². The van der Waals surface area contributed by atoms with E-state index in [1.807, 2.05) is 0 Å². The van der Waals surface area contributed by atoms with Crippen LogP contribution in [0.4, 0.5) is 0 Å². The Morgan fingerprint density at radius 1 is 0.733 bits per heavy atom. The Morgan fingerprint density at radius 2 is 1.00 bits per heavy atom. The minimum atomic E-state index is 1.41. The summed E-state index contributed by atoms with van der Waals surface area (Å²) < 4.78 is 7.73. The van der Waals surface area contributed by atoms with Crippen LogP contribution in [-0.4, -0.2) is 16.6 Å². The Balaban J connectivity index is -0.000000156. The van der Waals surface area contributed by atoms with Crippen LogP contribution >= 0.6 is 0 Å². The van der Waals surface area contributed by atoms with E-state index in [0.29, 0.717) is 0 Å². The van der Waals surface area contributed by atoms with Gasteiger partial charge in [0.2, 0.25) is 0 Å². The van der Waals surface area contributed by atoms with Gasteiger partial charge in [0.25, 0.3) is 0 Å². The van der Waals surface area contributed by atoms with Crippen LogP contribution in [0.5, 0.6) is 0 Å². The van der Waals surface area contributed by atoms with E-state index in [-0.39, 0.29) is 0 Å². The first kappa shape index (κ1) is 25.0. The third kappa shape index (κ3) is 21.4. The van der Waals surface area contributed by atoms with E-state index in [4.69, 9.17) is 0 Å². The van der Waals surface area contributed by atoms with Gasteiger partial charge in [-0.25, -0.2) is 0 Å². The number of hydrogen-bond acceptors (Lipinski definition) is 0. The van der Waals surface area contributed by atoms with Gasteiger partial charge in [-0.05, 0) is 0 Å². The molecular weight excluding hydrogens is 1550 g/mol. The first-order valence-electron chi connectivity index (χ1n) is 3.50. The first-order chi connectivity index (χ1) is 7.22. The molecule has 0 unspecified atom stereocenters. The molecule has 15 heavy (non-hydrogen) atoms. The molecule has 0 aromatic carbocycles. The van der Waals surface area contributed by atoms with E-state index in [0.717, 1.165) is 0 Å². The van der Waals surface area contributed by atoms with E-state index in [2.05, 4.69) is 8.80 Å². The maximum atomic E-state index is 2.12. The van der Waals surface area contributed by atoms with Gasteiger partial charge in [-0.1, -0.05) is 0 Å². The standard InChI is InChI=1S/C5H6.C2H2.8W/c1-2-4-5-3-1;1-2;;;;;;;;/h1-3H2;1-2H;;;;;;;;. The van der Waals surface area contributed by atoms with Crippen LogP contribution in [0, 0.1) is 0 Å². The van der Waals surface area contributed by atoms with E-state index in [1.54, 1.807) is 150 Å². The first-order valence-corrected chi connectivity index (χ1v) is 31.8. The molecule has 84 valence electrons. The molecule has 1 aliphatic carbocycles. The molecule has 0 aromatic heterocycles. The second-order valence-corrected chi connectivity index (χ2v) is 7.47. The summed E-state index contributed by atoms with van der Waals surface area (Å²) in [5.74, 6) is 0. The summed E-state index contributed by atoms with van der Waals surface area (Å²) in [4.78, 5) is 0. The van der Waals surface area contributed by atoms with Gasteiger partial charge in [-0.2, -0.15) is 0 Å². The second kappa shape index (κ2) is 24.0. The van der Waals surface area contributed by atoms with Crippen LogP contribution in [0.15, 0.2) is 0 Å². The summed E-state index contributed by atoms with van der Waals surface area (Å²) in [6, 6.07) is 0. The molecule has 0 nitrogen and oxygen atoms in total. The summed E-state index contributed by atoms with van der Waals surface area (Å²) in [6.07, 6.45) is 4.26. The molecule has 1 rings (SSSR count). The number of rotatable bonds is 1. The third-order valence-electron chi connectivity index (χ3n) is 1.17. The SMILES string of the molecule is [W]=[CH][CH]=[W].[W]=[C]1CCC[C]1=[W].[W]=[W].[W]=[W]. The van der Waals surface area contributed by atoms with Crippen molar-refractivity contribution in [1.82, 2.24) is 0 Å². The van der Waals surface area contributed by atoms with Crippen LogP contribution in [0.2, 0.25) is 0 Å². The van der Waals surface area contributed by atoms with Gasteiger partial charge in [0.05, 0.1) is 0 Å². The van der Waals surface area contributed by atoms with Crippen molar-refractivity contribution in [2.24, 2.45) is 0 Å². The van der Waals surface area contributed by atoms with Crippen molar-refractivity contribution in [3.8, 4) is 0 Å². The molecule has 8 heteroatoms. The van der Waals surface area contributed by atoms with Gasteiger partial charge in [0.1, 0.15) is 0 Å². The monoisotopic (exact) mass is 1560 g/mol. The zero-order valence-corrected chi connectivity index (χ0v) is 31.0. The normalized spacial score (nSPS) is 11.7. The Kier molecular flexibility index (Phi) is 40.0. The van der Waals surface area contributed by atoms with Crippen LogP contribution in [0.1, 0.15) is 19.3 Å². The summed E-state index contributed by atoms with van der Waals surface area (Å²) in [5, 5.41) is 0. The van der Waals surface area contributed by atoms with Crippen LogP contribution in [-0.2, 0) is 142 Å². The second-order valence-electron chi connectivity index (χ2n) is 1.97. The van der Waals surface area contributed by atoms with Crippen LogP contribution in [0.25, 0.3) is 0 Å². The van der Waals surface area contributed by atoms with Crippen molar-refractivity contribution >= 4 is 16.6 Å². The molecule has 0 N–H and O–H groups in total. The third-order valence-corrected chi connectivity index (χ3v) is 10.1. The van der Waals surface area contributed by atoms with Crippen molar-refractivity contribution < 1.29 is 142 Å². The average molecular weight is 1560 g/mol. The molecule has 0 heterocycles. The summed E-state index contributed by atoms with van der Waals surface area (Å²) in [7, 11) is 0. The Morgan fingerprint density at radius 3 is 1.07 bits per heavy atom. The molecule has 1 fully saturated rings. The van der Waals surface area contributed by atoms with Gasteiger partial charge < -0.3 is 0 Å². The molecule has 0 atom stereocenters. The molecule has 0 radical (unpaired) electrons. The Hall–Kier alpha value is 4.99. The number of hydrogen-bond donors (Lipinski definition) is 0. The van der Waals surface area contributed by atoms with Gasteiger partial charge in [0.15, 0.2) is 0 Å². The molecule has 0 spiro atoms. The van der Waals surface area contributed by atoms with E-state index < -0.39 is 0 Å². The zero-order chi connectivity index (χ0) is 12.7. The van der Waals surface area contributed by atoms with Gasteiger partial charge in [-0.15, -0.1) is 0 Å². The van der Waals surface area contributed by atoms with E-state index in [1.165, 1.54) is 19.3 Å². The molecule has 0 aliphatic heterocycles. The quantitative estimate of drug-likeness (QED) is 0.355. The molecule has 1 saturated carbocycles. The minimum absolute atomic E-state index is 1.41. The fourth-order valence-corrected chi connectivity index (χ4v) is 2.46. The molecule has 0 bridgehead atoms. The van der Waals surface area contributed by atoms with Crippen LogP contribution in [0.3, 0.4) is 0 Å². The van der Waals surface area contributed by atoms with Gasteiger partial charge in [0, 0.05) is 0 Å². The maximum absolute atomic E-state index is 2.12. The van der Waals surface area contributed by atoms with Crippen molar-refractivity contribution in [2.75, 3.05) is 0 Å². The van der Waals surface area contributed by atoms with E-state index >= 15 is 0 Å². The zero-order valence-electron chi connectivity index (χ0n) is 7.54. The average Bonchev–Trinajstić information content (AvgIpc) is 2.69. The summed E-state index contributed by atoms with van der Waals surface area (Å²) >= 11 is 13.2. The van der Waals surface area contributed by atoms with Crippen molar-refractivity contribution in [1.29, 1.82) is 0 Å². The molecule has 0 amide bonds. The van der Waals surface area contributed by atoms with Crippen molar-refractivity contribution in [3.63, 3.8) is 0 Å². The summed E-state index contributed by atoms with van der Waals surface area (Å²) in [5.41, 5.74) is 0. The predicted octanol–water partition coefficient (Wildman–Crippen LogP) is 0.283. The molecule has 0 aromatic rings. The molecule has 1 aliphatic rings. The van der Waals surface area contributed by atoms with Crippen molar-refractivity contribution in [2.45, 2.75) is 19.3 Å². The van der Waals surface area contributed by atoms with Crippen molar-refractivity contribution in [3.05, 3.63) is 0 Å². The molecule has 0 saturated heterocycles. The fraction of sp³-hybridized carbons (Fsp3) is 0.429. The Bertz CT molecular complexity index is 189. The van der Waals surface area contributed by atoms with E-state index in [9.17, 15) is 0 Å². The summed E-state index contributed by atoms with van der Waals surface area (Å²) in [6.45, 7) is 0. The van der Waals surface area contributed by atoms with Gasteiger partial charge >= 0.3 is 178 Å². The fourth-order valence-electron chi connectivity index (χ4n) is 0.688. The predicted molar refractivity (Wildman–Crippen MR) is 36.0 cm³/mol. The Labute approximate surface area is 174 Å². The van der Waals surface area contributed by atoms with Crippen LogP contribution < -0.4 is 0 Å². The molecular formula is C7H8W8.